The monoisotopic (exact) mass is 343 g/mol. The molecule has 8 nitrogen and oxygen atoms in total. The average Bonchev–Trinajstić information content (AvgIpc) is 3.41. The van der Waals surface area contributed by atoms with Crippen LogP contribution in [0.2, 0.25) is 0 Å². The third-order valence-corrected chi connectivity index (χ3v) is 4.61. The molecular formula is C17H21N5O3. The summed E-state index contributed by atoms with van der Waals surface area (Å²) in [6.45, 7) is 3.33. The molecule has 0 spiro atoms. The molecule has 1 aromatic carbocycles. The summed E-state index contributed by atoms with van der Waals surface area (Å²) in [5, 5.41) is 11.0. The molecule has 2 aromatic rings. The van der Waals surface area contributed by atoms with Gasteiger partial charge >= 0.3 is 0 Å². The highest BCUT2D eigenvalue weighted by molar-refractivity contribution is 5.93. The summed E-state index contributed by atoms with van der Waals surface area (Å²) >= 11 is 0. The van der Waals surface area contributed by atoms with Crippen LogP contribution in [0.25, 0.3) is 5.69 Å². The summed E-state index contributed by atoms with van der Waals surface area (Å²) < 4.78 is 12.7. The highest BCUT2D eigenvalue weighted by Gasteiger charge is 2.29. The van der Waals surface area contributed by atoms with Gasteiger partial charge in [0, 0.05) is 18.7 Å². The number of ether oxygens (including phenoxy) is 2. The van der Waals surface area contributed by atoms with Crippen LogP contribution in [0.15, 0.2) is 18.2 Å². The quantitative estimate of drug-likeness (QED) is 0.833. The van der Waals surface area contributed by atoms with Crippen LogP contribution < -0.4 is 20.5 Å². The van der Waals surface area contributed by atoms with E-state index >= 15 is 0 Å². The van der Waals surface area contributed by atoms with Gasteiger partial charge in [-0.15, -0.1) is 5.10 Å². The van der Waals surface area contributed by atoms with Crippen LogP contribution in [-0.4, -0.2) is 46.7 Å². The highest BCUT2D eigenvalue weighted by atomic mass is 16.6. The van der Waals surface area contributed by atoms with Gasteiger partial charge in [-0.25, -0.2) is 4.68 Å². The van der Waals surface area contributed by atoms with Crippen molar-refractivity contribution in [3.05, 3.63) is 29.6 Å². The third kappa shape index (κ3) is 3.17. The molecule has 1 amide bonds. The summed E-state index contributed by atoms with van der Waals surface area (Å²) in [5.74, 6) is 1.66. The van der Waals surface area contributed by atoms with Gasteiger partial charge in [-0.2, -0.15) is 0 Å². The first-order valence-corrected chi connectivity index (χ1v) is 8.49. The zero-order valence-electron chi connectivity index (χ0n) is 14.1. The van der Waals surface area contributed by atoms with E-state index in [1.807, 2.05) is 25.1 Å². The van der Waals surface area contributed by atoms with Gasteiger partial charge in [0.05, 0.1) is 11.4 Å². The van der Waals surface area contributed by atoms with E-state index in [-0.39, 0.29) is 11.9 Å². The minimum atomic E-state index is -0.252. The largest absolute Gasteiger partial charge is 0.486 e. The minimum Gasteiger partial charge on any atom is -0.486 e. The number of rotatable bonds is 5. The maximum absolute atomic E-state index is 12.4. The molecule has 2 heterocycles. The fraction of sp³-hybridized carbons (Fsp3) is 0.471. The standard InChI is InChI=1S/C17H21N5O3/c1-10-16(17(23)19-9-13(18)11-2-3-11)20-21-22(10)12-4-5-14-15(8-12)25-7-6-24-14/h4-5,8,11,13H,2-3,6-7,9,18H2,1H3,(H,19,23). The molecule has 1 unspecified atom stereocenters. The van der Waals surface area contributed by atoms with Gasteiger partial charge in [0.2, 0.25) is 0 Å². The van der Waals surface area contributed by atoms with Crippen molar-refractivity contribution < 1.29 is 14.3 Å². The molecule has 1 fully saturated rings. The number of aromatic nitrogens is 3. The first-order valence-electron chi connectivity index (χ1n) is 8.49. The molecule has 4 rings (SSSR count). The Morgan fingerprint density at radius 1 is 1.36 bits per heavy atom. The Bertz CT molecular complexity index is 800. The fourth-order valence-corrected chi connectivity index (χ4v) is 2.93. The molecule has 2 aliphatic rings. The third-order valence-electron chi connectivity index (χ3n) is 4.61. The number of carbonyl (C=O) groups is 1. The van der Waals surface area contributed by atoms with E-state index in [0.29, 0.717) is 48.6 Å². The first kappa shape index (κ1) is 15.9. The lowest BCUT2D eigenvalue weighted by atomic mass is 10.2. The Morgan fingerprint density at radius 2 is 2.12 bits per heavy atom. The molecule has 1 aliphatic carbocycles. The van der Waals surface area contributed by atoms with Crippen LogP contribution >= 0.6 is 0 Å². The fourth-order valence-electron chi connectivity index (χ4n) is 2.93. The van der Waals surface area contributed by atoms with Crippen LogP contribution in [0.4, 0.5) is 0 Å². The molecular weight excluding hydrogens is 322 g/mol. The number of nitrogens with one attached hydrogen (secondary N) is 1. The lowest BCUT2D eigenvalue weighted by Crippen LogP contribution is -2.38. The second-order valence-corrected chi connectivity index (χ2v) is 6.47. The van der Waals surface area contributed by atoms with Gasteiger partial charge < -0.3 is 20.5 Å². The molecule has 1 atom stereocenters. The molecule has 0 bridgehead atoms. The van der Waals surface area contributed by atoms with Crippen molar-refractivity contribution in [2.75, 3.05) is 19.8 Å². The van der Waals surface area contributed by atoms with Crippen LogP contribution in [0, 0.1) is 12.8 Å². The number of hydrogen-bond donors (Lipinski definition) is 2. The topological polar surface area (TPSA) is 104 Å². The number of hydrogen-bond acceptors (Lipinski definition) is 6. The summed E-state index contributed by atoms with van der Waals surface area (Å²) in [7, 11) is 0. The van der Waals surface area contributed by atoms with E-state index < -0.39 is 0 Å². The Morgan fingerprint density at radius 3 is 2.88 bits per heavy atom. The SMILES string of the molecule is Cc1c(C(=O)NCC(N)C2CC2)nnn1-c1ccc2c(c1)OCCO2. The predicted octanol–water partition coefficient (Wildman–Crippen LogP) is 0.814. The van der Waals surface area contributed by atoms with E-state index in [2.05, 4.69) is 15.6 Å². The van der Waals surface area contributed by atoms with Crippen molar-refractivity contribution in [1.29, 1.82) is 0 Å². The number of nitrogens with two attached hydrogens (primary N) is 1. The number of benzene rings is 1. The first-order chi connectivity index (χ1) is 12.1. The van der Waals surface area contributed by atoms with Crippen molar-refractivity contribution in [2.24, 2.45) is 11.7 Å². The summed E-state index contributed by atoms with van der Waals surface area (Å²) in [6, 6.07) is 5.54. The predicted molar refractivity (Wildman–Crippen MR) is 90.1 cm³/mol. The number of fused-ring (bicyclic) bond motifs is 1. The Kier molecular flexibility index (Phi) is 4.04. The number of carbonyl (C=O) groups excluding carboxylic acids is 1. The van der Waals surface area contributed by atoms with Gasteiger partial charge in [0.25, 0.3) is 5.91 Å². The highest BCUT2D eigenvalue weighted by Crippen LogP contribution is 2.32. The van der Waals surface area contributed by atoms with E-state index in [1.54, 1.807) is 4.68 Å². The zero-order valence-corrected chi connectivity index (χ0v) is 14.1. The molecule has 1 aromatic heterocycles. The molecule has 0 saturated heterocycles. The molecule has 8 heteroatoms. The van der Waals surface area contributed by atoms with Crippen molar-refractivity contribution in [3.8, 4) is 17.2 Å². The van der Waals surface area contributed by atoms with E-state index in [0.717, 1.165) is 18.5 Å². The van der Waals surface area contributed by atoms with E-state index in [1.165, 1.54) is 0 Å². The summed E-state index contributed by atoms with van der Waals surface area (Å²) in [6.07, 6.45) is 2.30. The molecule has 3 N–H and O–H groups in total. The van der Waals surface area contributed by atoms with Gasteiger partial charge in [0.15, 0.2) is 17.2 Å². The van der Waals surface area contributed by atoms with Crippen molar-refractivity contribution in [3.63, 3.8) is 0 Å². The van der Waals surface area contributed by atoms with Crippen LogP contribution in [0.3, 0.4) is 0 Å². The van der Waals surface area contributed by atoms with Gasteiger partial charge in [0.1, 0.15) is 13.2 Å². The Balaban J connectivity index is 1.51. The van der Waals surface area contributed by atoms with E-state index in [9.17, 15) is 4.79 Å². The summed E-state index contributed by atoms with van der Waals surface area (Å²) in [5.41, 5.74) is 7.75. The Labute approximate surface area is 145 Å². The van der Waals surface area contributed by atoms with Gasteiger partial charge in [-0.05, 0) is 37.8 Å². The molecule has 25 heavy (non-hydrogen) atoms. The Hall–Kier alpha value is -2.61. The molecule has 0 radical (unpaired) electrons. The second-order valence-electron chi connectivity index (χ2n) is 6.47. The number of amides is 1. The molecule has 132 valence electrons. The number of nitrogens with zero attached hydrogens (tertiary/aromatic N) is 3. The lowest BCUT2D eigenvalue weighted by molar-refractivity contribution is 0.0944. The molecule has 1 saturated carbocycles. The van der Waals surface area contributed by atoms with Crippen LogP contribution in [0.1, 0.15) is 29.0 Å². The zero-order chi connectivity index (χ0) is 17.4. The lowest BCUT2D eigenvalue weighted by Gasteiger charge is -2.18. The second kappa shape index (κ2) is 6.36. The average molecular weight is 343 g/mol. The van der Waals surface area contributed by atoms with Gasteiger partial charge in [-0.3, -0.25) is 4.79 Å². The van der Waals surface area contributed by atoms with Gasteiger partial charge in [-0.1, -0.05) is 5.21 Å². The van der Waals surface area contributed by atoms with Crippen LogP contribution in [-0.2, 0) is 0 Å². The van der Waals surface area contributed by atoms with Crippen molar-refractivity contribution in [1.82, 2.24) is 20.3 Å². The smallest absolute Gasteiger partial charge is 0.273 e. The van der Waals surface area contributed by atoms with Crippen molar-refractivity contribution in [2.45, 2.75) is 25.8 Å². The summed E-state index contributed by atoms with van der Waals surface area (Å²) in [4.78, 5) is 12.4. The van der Waals surface area contributed by atoms with Crippen molar-refractivity contribution >= 4 is 5.91 Å². The van der Waals surface area contributed by atoms with E-state index in [4.69, 9.17) is 15.2 Å². The molecule has 1 aliphatic heterocycles. The maximum Gasteiger partial charge on any atom is 0.273 e. The maximum atomic E-state index is 12.4. The minimum absolute atomic E-state index is 0.0112. The normalized spacial score (nSPS) is 17.2. The van der Waals surface area contributed by atoms with Crippen LogP contribution in [0.5, 0.6) is 11.5 Å².